The third-order valence-electron chi connectivity index (χ3n) is 6.66. The van der Waals surface area contributed by atoms with Gasteiger partial charge in [-0.2, -0.15) is 0 Å². The molecule has 2 aromatic rings. The first kappa shape index (κ1) is 26.3. The van der Waals surface area contributed by atoms with Crippen LogP contribution in [-0.4, -0.2) is 106 Å². The number of fused-ring (bicyclic) bond motifs is 1. The molecule has 1 aliphatic heterocycles. The molecule has 1 aromatic carbocycles. The van der Waals surface area contributed by atoms with E-state index in [0.717, 1.165) is 16.9 Å². The Morgan fingerprint density at radius 3 is 2.57 bits per heavy atom. The number of aliphatic hydroxyl groups excluding tert-OH is 3. The number of aromatic nitrogens is 2. The van der Waals surface area contributed by atoms with E-state index in [-0.39, 0.29) is 13.2 Å². The number of rotatable bonds is 9. The summed E-state index contributed by atoms with van der Waals surface area (Å²) in [6.45, 7) is 1.18. The van der Waals surface area contributed by atoms with Crippen LogP contribution in [0.5, 0.6) is 0 Å². The van der Waals surface area contributed by atoms with Gasteiger partial charge < -0.3 is 62.8 Å². The third-order valence-corrected chi connectivity index (χ3v) is 6.66. The van der Waals surface area contributed by atoms with Crippen molar-refractivity contribution in [2.75, 3.05) is 19.7 Å². The van der Waals surface area contributed by atoms with Crippen LogP contribution in [0, 0.1) is 0 Å². The SMILES string of the molecule is NC[C@H]1O[C@H](O[C@H]2[C@H](OCCNCc3nc4ccccc4[nH]3)[C@@H](O)[C@H](N)C[C@@H]2N)[C@H](N)[C@@H](O)[C@@H]1O. The molecule has 1 aromatic heterocycles. The van der Waals surface area contributed by atoms with Crippen LogP contribution in [0.1, 0.15) is 12.2 Å². The van der Waals surface area contributed by atoms with Crippen molar-refractivity contribution in [3.63, 3.8) is 0 Å². The van der Waals surface area contributed by atoms with Gasteiger partial charge in [-0.15, -0.1) is 0 Å². The van der Waals surface area contributed by atoms with Gasteiger partial charge in [-0.25, -0.2) is 4.98 Å². The summed E-state index contributed by atoms with van der Waals surface area (Å²) in [7, 11) is 0. The highest BCUT2D eigenvalue weighted by Crippen LogP contribution is 2.28. The van der Waals surface area contributed by atoms with Gasteiger partial charge >= 0.3 is 0 Å². The number of nitrogens with zero attached hydrogens (tertiary/aromatic N) is 1. The lowest BCUT2D eigenvalue weighted by molar-refractivity contribution is -0.291. The van der Waals surface area contributed by atoms with Crippen molar-refractivity contribution in [3.8, 4) is 0 Å². The van der Waals surface area contributed by atoms with E-state index in [2.05, 4.69) is 15.3 Å². The summed E-state index contributed by atoms with van der Waals surface area (Å²) in [5, 5.41) is 34.3. The van der Waals surface area contributed by atoms with Crippen molar-refractivity contribution in [1.82, 2.24) is 15.3 Å². The molecule has 4 rings (SSSR count). The first-order valence-corrected chi connectivity index (χ1v) is 11.9. The van der Waals surface area contributed by atoms with Crippen molar-refractivity contribution < 1.29 is 29.5 Å². The molecule has 196 valence electrons. The molecule has 0 radical (unpaired) electrons. The van der Waals surface area contributed by atoms with Gasteiger partial charge in [-0.3, -0.25) is 0 Å². The molecule has 2 heterocycles. The lowest BCUT2D eigenvalue weighted by Crippen LogP contribution is -2.67. The summed E-state index contributed by atoms with van der Waals surface area (Å²) < 4.78 is 17.7. The maximum Gasteiger partial charge on any atom is 0.176 e. The fourth-order valence-electron chi connectivity index (χ4n) is 4.63. The van der Waals surface area contributed by atoms with Crippen LogP contribution >= 0.6 is 0 Å². The Bertz CT molecular complexity index is 915. The number of hydrogen-bond donors (Lipinski definition) is 9. The van der Waals surface area contributed by atoms with E-state index in [4.69, 9.17) is 37.1 Å². The fourth-order valence-corrected chi connectivity index (χ4v) is 4.63. The number of hydrogen-bond acceptors (Lipinski definition) is 12. The molecule has 13 nitrogen and oxygen atoms in total. The number of H-pyrrole nitrogens is 1. The molecule has 35 heavy (non-hydrogen) atoms. The Morgan fingerprint density at radius 1 is 1.06 bits per heavy atom. The zero-order valence-corrected chi connectivity index (χ0v) is 19.4. The predicted octanol–water partition coefficient (Wildman–Crippen LogP) is -3.43. The van der Waals surface area contributed by atoms with Crippen LogP contribution in [-0.2, 0) is 20.8 Å². The second-order valence-electron chi connectivity index (χ2n) is 9.20. The second kappa shape index (κ2) is 11.5. The van der Waals surface area contributed by atoms with Gasteiger partial charge in [0.1, 0.15) is 36.3 Å². The van der Waals surface area contributed by atoms with Crippen LogP contribution in [0.25, 0.3) is 11.0 Å². The number of nitrogens with two attached hydrogens (primary N) is 4. The molecule has 1 saturated heterocycles. The first-order valence-electron chi connectivity index (χ1n) is 11.9. The lowest BCUT2D eigenvalue weighted by Gasteiger charge is -2.46. The summed E-state index contributed by atoms with van der Waals surface area (Å²) in [5.41, 5.74) is 25.9. The van der Waals surface area contributed by atoms with E-state index >= 15 is 0 Å². The standard InChI is InChI=1S/C22H37N7O6/c23-8-14-18(31)19(32)16(26)22(34-14)35-20-11(25)7-10(24)17(30)21(20)33-6-5-27-9-15-28-12-3-1-2-4-13(12)29-15/h1-4,10-11,14,16-22,27,30-32H,5-9,23-26H2,(H,28,29)/t10-,11+,14-,16-,17+,18-,19-,20-,21-,22-/m1/s1. The maximum absolute atomic E-state index is 10.7. The Balaban J connectivity index is 1.33. The summed E-state index contributed by atoms with van der Waals surface area (Å²) in [4.78, 5) is 7.76. The van der Waals surface area contributed by atoms with Gasteiger partial charge in [-0.05, 0) is 18.6 Å². The molecule has 0 spiro atoms. The minimum Gasteiger partial charge on any atom is -0.389 e. The highest BCUT2D eigenvalue weighted by atomic mass is 16.7. The summed E-state index contributed by atoms with van der Waals surface area (Å²) in [5.74, 6) is 0.799. The van der Waals surface area contributed by atoms with Crippen LogP contribution in [0.4, 0.5) is 0 Å². The van der Waals surface area contributed by atoms with Crippen molar-refractivity contribution in [2.24, 2.45) is 22.9 Å². The molecular weight excluding hydrogens is 458 g/mol. The van der Waals surface area contributed by atoms with Crippen LogP contribution < -0.4 is 28.3 Å². The minimum absolute atomic E-state index is 0.0359. The van der Waals surface area contributed by atoms with Gasteiger partial charge in [0.2, 0.25) is 0 Å². The van der Waals surface area contributed by atoms with Crippen molar-refractivity contribution in [3.05, 3.63) is 30.1 Å². The van der Waals surface area contributed by atoms with E-state index in [1.54, 1.807) is 0 Å². The number of aliphatic hydroxyl groups is 3. The Morgan fingerprint density at radius 2 is 1.83 bits per heavy atom. The van der Waals surface area contributed by atoms with Crippen molar-refractivity contribution >= 4 is 11.0 Å². The van der Waals surface area contributed by atoms with E-state index in [0.29, 0.717) is 19.5 Å². The van der Waals surface area contributed by atoms with Crippen LogP contribution in [0.2, 0.25) is 0 Å². The van der Waals surface area contributed by atoms with Crippen LogP contribution in [0.15, 0.2) is 24.3 Å². The first-order chi connectivity index (χ1) is 16.8. The fraction of sp³-hybridized carbons (Fsp3) is 0.682. The zero-order valence-electron chi connectivity index (χ0n) is 19.4. The van der Waals surface area contributed by atoms with E-state index < -0.39 is 61.0 Å². The van der Waals surface area contributed by atoms with Crippen molar-refractivity contribution in [1.29, 1.82) is 0 Å². The topological polar surface area (TPSA) is 233 Å². The van der Waals surface area contributed by atoms with E-state index in [9.17, 15) is 15.3 Å². The number of para-hydroxylation sites is 2. The summed E-state index contributed by atoms with van der Waals surface area (Å²) >= 11 is 0. The Hall–Kier alpha value is -1.75. The number of nitrogens with one attached hydrogen (secondary N) is 2. The van der Waals surface area contributed by atoms with Crippen molar-refractivity contribution in [2.45, 2.75) is 74.0 Å². The maximum atomic E-state index is 10.7. The predicted molar refractivity (Wildman–Crippen MR) is 127 cm³/mol. The number of ether oxygens (including phenoxy) is 3. The number of imidazole rings is 1. The molecule has 1 aliphatic carbocycles. The van der Waals surface area contributed by atoms with Gasteiger partial charge in [-0.1, -0.05) is 12.1 Å². The van der Waals surface area contributed by atoms with Crippen LogP contribution in [0.3, 0.4) is 0 Å². The largest absolute Gasteiger partial charge is 0.389 e. The monoisotopic (exact) mass is 495 g/mol. The average molecular weight is 496 g/mol. The Kier molecular flexibility index (Phi) is 8.67. The van der Waals surface area contributed by atoms with Gasteiger partial charge in [0.05, 0.1) is 36.3 Å². The molecule has 13 heteroatoms. The van der Waals surface area contributed by atoms with Gasteiger partial charge in [0.25, 0.3) is 0 Å². The molecular formula is C22H37N7O6. The molecule has 0 unspecified atom stereocenters. The molecule has 1 saturated carbocycles. The number of aromatic amines is 1. The zero-order chi connectivity index (χ0) is 25.1. The molecule has 2 aliphatic rings. The second-order valence-corrected chi connectivity index (χ2v) is 9.20. The average Bonchev–Trinajstić information content (AvgIpc) is 3.26. The number of benzene rings is 1. The summed E-state index contributed by atoms with van der Waals surface area (Å²) in [6.07, 6.45) is -6.88. The van der Waals surface area contributed by atoms with E-state index in [1.165, 1.54) is 0 Å². The van der Waals surface area contributed by atoms with Gasteiger partial charge in [0, 0.05) is 25.2 Å². The molecule has 10 atom stereocenters. The molecule has 2 fully saturated rings. The highest BCUT2D eigenvalue weighted by molar-refractivity contribution is 5.74. The molecule has 13 N–H and O–H groups in total. The summed E-state index contributed by atoms with van der Waals surface area (Å²) in [6, 6.07) is 5.57. The third kappa shape index (κ3) is 5.81. The minimum atomic E-state index is -1.30. The normalized spacial score (nSPS) is 38.1. The lowest BCUT2D eigenvalue weighted by atomic mass is 9.84. The molecule has 0 amide bonds. The Labute approximate surface area is 203 Å². The van der Waals surface area contributed by atoms with E-state index in [1.807, 2.05) is 24.3 Å². The highest BCUT2D eigenvalue weighted by Gasteiger charge is 2.48. The quantitative estimate of drug-likeness (QED) is 0.155. The molecule has 0 bridgehead atoms. The van der Waals surface area contributed by atoms with Gasteiger partial charge in [0.15, 0.2) is 6.29 Å². The smallest absolute Gasteiger partial charge is 0.176 e.